The third kappa shape index (κ3) is 4.77. The zero-order valence-corrected chi connectivity index (χ0v) is 30.2. The number of aliphatic hydroxyl groups excluding tert-OH is 2. The Hall–Kier alpha value is -2.81. The number of phenolic OH excluding ortho intramolecular Hbond substituents is 1. The molecule has 4 heterocycles. The summed E-state index contributed by atoms with van der Waals surface area (Å²) in [5, 5.41) is 41.5. The molecule has 1 aromatic heterocycles. The molecule has 12 nitrogen and oxygen atoms in total. The SMILES string of the molecule is CO[C@]12CC[C@@]3(C[C@@H]1[C@](C)(O)C(C)(C)C)[C@H]1Cc4ccc(O)c5c4[C@@]3(CCN1CC1CC1)[C@H]2O5.O=c1[nH]c(=O)n([C@H]2C[C@H](O)[C@@H](CO)O2)cc1F. The number of phenols is 1. The fourth-order valence-electron chi connectivity index (χ4n) is 11.3. The van der Waals surface area contributed by atoms with Crippen LogP contribution in [0.15, 0.2) is 27.9 Å². The predicted octanol–water partition coefficient (Wildman–Crippen LogP) is 2.73. The standard InChI is InChI=1S/C29H41NO4.C9H11FN2O5/c1-25(2,3)26(4,32)20-15-27-10-11-29(20,33-5)24-28(27)12-13-30(16-17-6-7-17)21(27)14-18-8-9-19(31)23(34-24)22(18)28;10-4-2-12(9(16)11-8(4)15)7-1-5(14)6(3-13)17-7/h8-9,17,20-21,24,31-32H,6-7,10-16H2,1-5H3;2,5-7,13-14H,1,3H2,(H,11,15,16)/t20-,21-,24-,26+,27-,28+,29-;5-,6+,7+/m10/s1. The van der Waals surface area contributed by atoms with Crippen LogP contribution in [-0.2, 0) is 21.3 Å². The first-order valence-electron chi connectivity index (χ1n) is 18.5. The van der Waals surface area contributed by atoms with Crippen LogP contribution < -0.4 is 16.0 Å². The van der Waals surface area contributed by atoms with E-state index in [1.165, 1.54) is 30.5 Å². The number of hydrogen-bond donors (Lipinski definition) is 5. The van der Waals surface area contributed by atoms with E-state index in [0.717, 1.165) is 55.3 Å². The minimum absolute atomic E-state index is 0.0294. The van der Waals surface area contributed by atoms with E-state index < -0.39 is 53.3 Å². The summed E-state index contributed by atoms with van der Waals surface area (Å²) in [6, 6.07) is 4.46. The lowest BCUT2D eigenvalue weighted by Crippen LogP contribution is -2.83. The van der Waals surface area contributed by atoms with E-state index in [1.54, 1.807) is 4.98 Å². The van der Waals surface area contributed by atoms with Gasteiger partial charge in [0, 0.05) is 48.4 Å². The maximum atomic E-state index is 13.0. The second-order valence-corrected chi connectivity index (χ2v) is 17.6. The molecule has 10 atom stereocenters. The average Bonchev–Trinajstić information content (AvgIpc) is 3.71. The summed E-state index contributed by atoms with van der Waals surface area (Å²) < 4.78 is 32.5. The minimum Gasteiger partial charge on any atom is -0.504 e. The van der Waals surface area contributed by atoms with Crippen molar-refractivity contribution in [3.8, 4) is 11.5 Å². The van der Waals surface area contributed by atoms with E-state index in [1.807, 2.05) is 20.1 Å². The van der Waals surface area contributed by atoms with Gasteiger partial charge in [-0.3, -0.25) is 19.2 Å². The molecule has 5 N–H and O–H groups in total. The number of ether oxygens (including phenoxy) is 3. The van der Waals surface area contributed by atoms with Crippen molar-refractivity contribution in [1.82, 2.24) is 14.5 Å². The fourth-order valence-corrected chi connectivity index (χ4v) is 11.3. The first kappa shape index (κ1) is 35.2. The molecule has 280 valence electrons. The highest BCUT2D eigenvalue weighted by Crippen LogP contribution is 2.78. The van der Waals surface area contributed by atoms with Crippen LogP contribution in [0.3, 0.4) is 0 Å². The van der Waals surface area contributed by atoms with Gasteiger partial charge in [0.05, 0.1) is 24.5 Å². The van der Waals surface area contributed by atoms with Gasteiger partial charge in [-0.1, -0.05) is 26.8 Å². The minimum atomic E-state index is -1.12. The summed E-state index contributed by atoms with van der Waals surface area (Å²) in [7, 11) is 1.83. The Morgan fingerprint density at radius 3 is 2.53 bits per heavy atom. The molecule has 3 aliphatic heterocycles. The van der Waals surface area contributed by atoms with Crippen molar-refractivity contribution in [2.75, 3.05) is 26.8 Å². The largest absolute Gasteiger partial charge is 0.504 e. The zero-order valence-electron chi connectivity index (χ0n) is 30.2. The summed E-state index contributed by atoms with van der Waals surface area (Å²) in [5.41, 5.74) is -1.15. The van der Waals surface area contributed by atoms with E-state index in [4.69, 9.17) is 19.3 Å². The van der Waals surface area contributed by atoms with Gasteiger partial charge in [-0.05, 0) is 81.4 Å². The van der Waals surface area contributed by atoms with Crippen molar-refractivity contribution in [1.29, 1.82) is 0 Å². The van der Waals surface area contributed by atoms with Crippen LogP contribution in [0.4, 0.5) is 4.39 Å². The van der Waals surface area contributed by atoms with Crippen molar-refractivity contribution in [3.63, 3.8) is 0 Å². The van der Waals surface area contributed by atoms with E-state index in [9.17, 15) is 29.3 Å². The van der Waals surface area contributed by atoms with Gasteiger partial charge >= 0.3 is 5.69 Å². The number of aliphatic hydroxyl groups is 3. The summed E-state index contributed by atoms with van der Waals surface area (Å²) in [5.74, 6) is 0.687. The van der Waals surface area contributed by atoms with E-state index in [0.29, 0.717) is 11.8 Å². The van der Waals surface area contributed by atoms with Gasteiger partial charge in [0.1, 0.15) is 24.0 Å². The molecule has 4 saturated carbocycles. The Labute approximate surface area is 296 Å². The topological polar surface area (TPSA) is 167 Å². The quantitative estimate of drug-likeness (QED) is 0.301. The van der Waals surface area contributed by atoms with Crippen LogP contribution in [0.5, 0.6) is 11.5 Å². The molecule has 13 heteroatoms. The molecular weight excluding hydrogens is 661 g/mol. The van der Waals surface area contributed by atoms with Gasteiger partial charge in [0.25, 0.3) is 5.56 Å². The molecule has 0 unspecified atom stereocenters. The summed E-state index contributed by atoms with van der Waals surface area (Å²) in [4.78, 5) is 26.8. The first-order chi connectivity index (χ1) is 24.0. The normalized spacial score (nSPS) is 38.8. The van der Waals surface area contributed by atoms with Crippen molar-refractivity contribution < 1.29 is 39.0 Å². The number of H-pyrrole nitrogens is 1. The number of halogens is 1. The number of fused-ring (bicyclic) bond motifs is 2. The Balaban J connectivity index is 0.000000186. The molecule has 2 spiro atoms. The molecule has 0 amide bonds. The van der Waals surface area contributed by atoms with Crippen molar-refractivity contribution >= 4 is 0 Å². The second kappa shape index (κ2) is 11.6. The molecule has 5 aliphatic carbocycles. The highest BCUT2D eigenvalue weighted by Gasteiger charge is 2.82. The van der Waals surface area contributed by atoms with Crippen molar-refractivity contribution in [2.45, 2.75) is 126 Å². The number of benzene rings is 1. The smallest absolute Gasteiger partial charge is 0.330 e. The second-order valence-electron chi connectivity index (χ2n) is 17.6. The number of rotatable bonds is 6. The molecule has 6 fully saturated rings. The number of aromatic amines is 1. The Kier molecular flexibility index (Phi) is 8.01. The fraction of sp³-hybridized carbons (Fsp3) is 0.737. The van der Waals surface area contributed by atoms with Gasteiger partial charge in [-0.15, -0.1) is 0 Å². The molecule has 2 saturated heterocycles. The van der Waals surface area contributed by atoms with Crippen LogP contribution in [0, 0.1) is 28.5 Å². The number of methoxy groups -OCH3 is 1. The lowest BCUT2D eigenvalue weighted by Gasteiger charge is -2.75. The van der Waals surface area contributed by atoms with Gasteiger partial charge in [0.2, 0.25) is 5.82 Å². The number of hydrogen-bond acceptors (Lipinski definition) is 10. The van der Waals surface area contributed by atoms with Crippen LogP contribution in [-0.4, -0.2) is 97.2 Å². The molecule has 51 heavy (non-hydrogen) atoms. The number of aromatic hydroxyl groups is 1. The molecule has 0 radical (unpaired) electrons. The number of likely N-dealkylation sites (tertiary alicyclic amines) is 1. The highest BCUT2D eigenvalue weighted by molar-refractivity contribution is 5.63. The van der Waals surface area contributed by atoms with Crippen LogP contribution in [0.1, 0.15) is 90.0 Å². The Morgan fingerprint density at radius 1 is 1.14 bits per heavy atom. The molecular formula is C38H52FN3O9. The van der Waals surface area contributed by atoms with Crippen molar-refractivity contribution in [2.24, 2.45) is 22.7 Å². The van der Waals surface area contributed by atoms with Crippen molar-refractivity contribution in [3.05, 3.63) is 56.1 Å². The molecule has 4 bridgehead atoms. The van der Waals surface area contributed by atoms with Crippen LogP contribution >= 0.6 is 0 Å². The van der Waals surface area contributed by atoms with Gasteiger partial charge < -0.3 is 34.6 Å². The monoisotopic (exact) mass is 713 g/mol. The molecule has 2 aromatic rings. The number of nitrogens with one attached hydrogen (secondary N) is 1. The summed E-state index contributed by atoms with van der Waals surface area (Å²) >= 11 is 0. The first-order valence-corrected chi connectivity index (χ1v) is 18.5. The molecule has 1 aromatic carbocycles. The van der Waals surface area contributed by atoms with E-state index >= 15 is 0 Å². The number of aromatic nitrogens is 2. The highest BCUT2D eigenvalue weighted by atomic mass is 19.1. The zero-order chi connectivity index (χ0) is 36.5. The summed E-state index contributed by atoms with van der Waals surface area (Å²) in [6.45, 7) is 10.4. The maximum absolute atomic E-state index is 13.0. The lowest BCUT2D eigenvalue weighted by atomic mass is 9.33. The average molecular weight is 714 g/mol. The molecule has 8 aliphatic rings. The molecule has 10 rings (SSSR count). The third-order valence-electron chi connectivity index (χ3n) is 14.5. The van der Waals surface area contributed by atoms with E-state index in [-0.39, 0.29) is 40.4 Å². The Morgan fingerprint density at radius 2 is 1.88 bits per heavy atom. The van der Waals surface area contributed by atoms with Gasteiger partial charge in [-0.25, -0.2) is 4.79 Å². The third-order valence-corrected chi connectivity index (χ3v) is 14.5. The number of piperidine rings is 1. The van der Waals surface area contributed by atoms with E-state index in [2.05, 4.69) is 31.7 Å². The predicted molar refractivity (Wildman–Crippen MR) is 183 cm³/mol. The Bertz CT molecular complexity index is 1840. The van der Waals surface area contributed by atoms with Gasteiger partial charge in [0.15, 0.2) is 11.5 Å². The maximum Gasteiger partial charge on any atom is 0.330 e. The number of nitrogens with zero attached hydrogens (tertiary/aromatic N) is 2. The summed E-state index contributed by atoms with van der Waals surface area (Å²) in [6.07, 6.45) is 5.74. The van der Waals surface area contributed by atoms with Crippen LogP contribution in [0.2, 0.25) is 0 Å². The van der Waals surface area contributed by atoms with Gasteiger partial charge in [-0.2, -0.15) is 4.39 Å². The lowest BCUT2D eigenvalue weighted by molar-refractivity contribution is -0.312. The van der Waals surface area contributed by atoms with Crippen LogP contribution in [0.25, 0.3) is 0 Å².